The van der Waals surface area contributed by atoms with E-state index in [0.29, 0.717) is 43.5 Å². The van der Waals surface area contributed by atoms with Crippen LogP contribution >= 0.6 is 0 Å². The molecule has 7 heteroatoms. The molecule has 0 saturated heterocycles. The molecule has 0 amide bonds. The summed E-state index contributed by atoms with van der Waals surface area (Å²) in [6, 6.07) is 9.40. The minimum Gasteiger partial charge on any atom is -0.494 e. The molecule has 3 rings (SSSR count). The van der Waals surface area contributed by atoms with Gasteiger partial charge in [-0.3, -0.25) is 0 Å². The molecule has 1 aromatic carbocycles. The van der Waals surface area contributed by atoms with Gasteiger partial charge in [-0.05, 0) is 56.9 Å². The molecule has 0 aliphatic heterocycles. The van der Waals surface area contributed by atoms with Crippen molar-refractivity contribution in [3.05, 3.63) is 42.1 Å². The standard InChI is InChI=1S/C21H28N4O3/c1-3-26-17-8-9-19(27-4-2)18(13-17)25-21(22)24-14-15-10-11-23-20(12-15)28-16-6-5-7-16/h8-13,16H,3-7,14H2,1-2H3,(H3,22,24,25). The second kappa shape index (κ2) is 9.82. The number of guanidine groups is 1. The first-order chi connectivity index (χ1) is 13.7. The number of benzene rings is 1. The summed E-state index contributed by atoms with van der Waals surface area (Å²) in [7, 11) is 0. The average molecular weight is 384 g/mol. The van der Waals surface area contributed by atoms with E-state index in [1.807, 2.05) is 44.2 Å². The zero-order valence-corrected chi connectivity index (χ0v) is 16.5. The number of aromatic nitrogens is 1. The van der Waals surface area contributed by atoms with Gasteiger partial charge < -0.3 is 25.3 Å². The Labute approximate surface area is 165 Å². The number of anilines is 1. The largest absolute Gasteiger partial charge is 0.494 e. The van der Waals surface area contributed by atoms with Gasteiger partial charge >= 0.3 is 0 Å². The Morgan fingerprint density at radius 3 is 2.71 bits per heavy atom. The smallest absolute Gasteiger partial charge is 0.213 e. The number of hydrogen-bond acceptors (Lipinski definition) is 5. The molecule has 3 N–H and O–H groups in total. The summed E-state index contributed by atoms with van der Waals surface area (Å²) < 4.78 is 17.0. The van der Waals surface area contributed by atoms with Gasteiger partial charge in [0, 0.05) is 18.3 Å². The van der Waals surface area contributed by atoms with E-state index in [4.69, 9.17) is 19.9 Å². The Morgan fingerprint density at radius 2 is 2.00 bits per heavy atom. The van der Waals surface area contributed by atoms with Crippen LogP contribution < -0.4 is 25.3 Å². The Hall–Kier alpha value is -2.96. The van der Waals surface area contributed by atoms with E-state index in [1.54, 1.807) is 6.20 Å². The molecule has 1 saturated carbocycles. The lowest BCUT2D eigenvalue weighted by molar-refractivity contribution is 0.114. The van der Waals surface area contributed by atoms with Crippen LogP contribution in [-0.2, 0) is 6.54 Å². The quantitative estimate of drug-likeness (QED) is 0.506. The van der Waals surface area contributed by atoms with E-state index in [9.17, 15) is 0 Å². The predicted molar refractivity (Wildman–Crippen MR) is 110 cm³/mol. The second-order valence-electron chi connectivity index (χ2n) is 6.52. The molecule has 0 radical (unpaired) electrons. The highest BCUT2D eigenvalue weighted by Crippen LogP contribution is 2.29. The minimum atomic E-state index is 0.299. The number of nitrogens with zero attached hydrogens (tertiary/aromatic N) is 2. The molecule has 0 atom stereocenters. The van der Waals surface area contributed by atoms with Crippen LogP contribution in [0.2, 0.25) is 0 Å². The molecule has 150 valence electrons. The van der Waals surface area contributed by atoms with E-state index in [-0.39, 0.29) is 0 Å². The van der Waals surface area contributed by atoms with E-state index in [1.165, 1.54) is 6.42 Å². The van der Waals surface area contributed by atoms with Gasteiger partial charge in [0.1, 0.15) is 17.6 Å². The van der Waals surface area contributed by atoms with Crippen LogP contribution in [0.3, 0.4) is 0 Å². The van der Waals surface area contributed by atoms with Crippen LogP contribution in [0.4, 0.5) is 5.69 Å². The monoisotopic (exact) mass is 384 g/mol. The Morgan fingerprint density at radius 1 is 1.18 bits per heavy atom. The number of nitrogens with two attached hydrogens (primary N) is 1. The highest BCUT2D eigenvalue weighted by Gasteiger charge is 2.19. The topological polar surface area (TPSA) is 91.0 Å². The van der Waals surface area contributed by atoms with E-state index < -0.39 is 0 Å². The lowest BCUT2D eigenvalue weighted by atomic mass is 9.96. The third-order valence-corrected chi connectivity index (χ3v) is 4.40. The lowest BCUT2D eigenvalue weighted by Gasteiger charge is -2.25. The van der Waals surface area contributed by atoms with Crippen LogP contribution in [-0.4, -0.2) is 30.3 Å². The van der Waals surface area contributed by atoms with Gasteiger partial charge in [0.05, 0.1) is 25.4 Å². The van der Waals surface area contributed by atoms with Gasteiger partial charge in [-0.2, -0.15) is 0 Å². The molecule has 1 aromatic heterocycles. The van der Waals surface area contributed by atoms with Gasteiger partial charge in [-0.1, -0.05) is 0 Å². The molecule has 1 heterocycles. The maximum atomic E-state index is 6.09. The second-order valence-corrected chi connectivity index (χ2v) is 6.52. The van der Waals surface area contributed by atoms with Crippen molar-refractivity contribution < 1.29 is 14.2 Å². The summed E-state index contributed by atoms with van der Waals surface area (Å²) in [5, 5.41) is 3.11. The molecule has 0 unspecified atom stereocenters. The van der Waals surface area contributed by atoms with Crippen LogP contribution in [0.25, 0.3) is 0 Å². The van der Waals surface area contributed by atoms with Crippen molar-refractivity contribution in [2.45, 2.75) is 45.8 Å². The summed E-state index contributed by atoms with van der Waals surface area (Å²) in [6.45, 7) is 5.45. The van der Waals surface area contributed by atoms with Crippen molar-refractivity contribution in [1.82, 2.24) is 4.98 Å². The summed E-state index contributed by atoms with van der Waals surface area (Å²) >= 11 is 0. The van der Waals surface area contributed by atoms with E-state index >= 15 is 0 Å². The van der Waals surface area contributed by atoms with Crippen LogP contribution in [0.1, 0.15) is 38.7 Å². The number of hydrogen-bond donors (Lipinski definition) is 2. The molecule has 0 spiro atoms. The van der Waals surface area contributed by atoms with Crippen LogP contribution in [0.15, 0.2) is 41.5 Å². The van der Waals surface area contributed by atoms with E-state index in [0.717, 1.165) is 29.8 Å². The zero-order chi connectivity index (χ0) is 19.8. The summed E-state index contributed by atoms with van der Waals surface area (Å²) in [5.41, 5.74) is 7.80. The summed E-state index contributed by atoms with van der Waals surface area (Å²) in [5.74, 6) is 2.39. The van der Waals surface area contributed by atoms with Crippen molar-refractivity contribution >= 4 is 11.6 Å². The normalized spacial score (nSPS) is 14.3. The molecule has 2 aromatic rings. The Bertz CT molecular complexity index is 806. The van der Waals surface area contributed by atoms with E-state index in [2.05, 4.69) is 15.3 Å². The summed E-state index contributed by atoms with van der Waals surface area (Å²) in [6.07, 6.45) is 5.47. The molecule has 1 aliphatic carbocycles. The Kier molecular flexibility index (Phi) is 6.94. The number of rotatable bonds is 9. The average Bonchev–Trinajstić information content (AvgIpc) is 2.66. The molecule has 28 heavy (non-hydrogen) atoms. The molecule has 7 nitrogen and oxygen atoms in total. The van der Waals surface area contributed by atoms with Crippen LogP contribution in [0.5, 0.6) is 17.4 Å². The third kappa shape index (κ3) is 5.52. The minimum absolute atomic E-state index is 0.299. The van der Waals surface area contributed by atoms with Crippen molar-refractivity contribution in [2.75, 3.05) is 18.5 Å². The predicted octanol–water partition coefficient (Wildman–Crippen LogP) is 3.74. The van der Waals surface area contributed by atoms with Gasteiger partial charge in [-0.15, -0.1) is 0 Å². The van der Waals surface area contributed by atoms with Crippen LogP contribution in [0, 0.1) is 0 Å². The molecular weight excluding hydrogens is 356 g/mol. The molecule has 1 fully saturated rings. The first-order valence-electron chi connectivity index (χ1n) is 9.76. The van der Waals surface area contributed by atoms with Gasteiger partial charge in [0.25, 0.3) is 0 Å². The highest BCUT2D eigenvalue weighted by atomic mass is 16.5. The SMILES string of the molecule is CCOc1ccc(OCC)c(NC(N)=NCc2ccnc(OC3CCC3)c2)c1. The molecular formula is C21H28N4O3. The van der Waals surface area contributed by atoms with Crippen molar-refractivity contribution in [3.8, 4) is 17.4 Å². The lowest BCUT2D eigenvalue weighted by Crippen LogP contribution is -2.25. The number of nitrogens with one attached hydrogen (secondary N) is 1. The van der Waals surface area contributed by atoms with Crippen molar-refractivity contribution in [3.63, 3.8) is 0 Å². The molecule has 1 aliphatic rings. The number of aliphatic imine (C=N–C) groups is 1. The number of ether oxygens (including phenoxy) is 3. The van der Waals surface area contributed by atoms with Crippen molar-refractivity contribution in [1.29, 1.82) is 0 Å². The fraction of sp³-hybridized carbons (Fsp3) is 0.429. The first kappa shape index (κ1) is 19.8. The molecule has 0 bridgehead atoms. The first-order valence-corrected chi connectivity index (χ1v) is 9.76. The van der Waals surface area contributed by atoms with Gasteiger partial charge in [-0.25, -0.2) is 9.98 Å². The fourth-order valence-electron chi connectivity index (χ4n) is 2.77. The third-order valence-electron chi connectivity index (χ3n) is 4.40. The Balaban J connectivity index is 1.65. The highest BCUT2D eigenvalue weighted by molar-refractivity contribution is 5.94. The van der Waals surface area contributed by atoms with Gasteiger partial charge in [0.15, 0.2) is 5.96 Å². The maximum absolute atomic E-state index is 6.09. The number of pyridine rings is 1. The summed E-state index contributed by atoms with van der Waals surface area (Å²) in [4.78, 5) is 8.69. The zero-order valence-electron chi connectivity index (χ0n) is 16.5. The van der Waals surface area contributed by atoms with Gasteiger partial charge in [0.2, 0.25) is 5.88 Å². The fourth-order valence-corrected chi connectivity index (χ4v) is 2.77. The maximum Gasteiger partial charge on any atom is 0.213 e. The van der Waals surface area contributed by atoms with Crippen molar-refractivity contribution in [2.24, 2.45) is 10.7 Å².